The van der Waals surface area contributed by atoms with E-state index in [-0.39, 0.29) is 23.9 Å². The molecule has 0 amide bonds. The Morgan fingerprint density at radius 2 is 2.30 bits per heavy atom. The maximum atomic E-state index is 12.1. The molecule has 1 aliphatic rings. The smallest absolute Gasteiger partial charge is 0.278 e. The minimum atomic E-state index is -0.403. The van der Waals surface area contributed by atoms with E-state index in [2.05, 4.69) is 0 Å². The fourth-order valence-corrected chi connectivity index (χ4v) is 2.59. The third-order valence-corrected chi connectivity index (χ3v) is 3.70. The topological polar surface area (TPSA) is 74.4 Å². The van der Waals surface area contributed by atoms with Gasteiger partial charge in [-0.05, 0) is 18.6 Å². The molecule has 0 saturated carbocycles. The minimum Gasteiger partial charge on any atom is -0.381 e. The number of fused-ring (bicyclic) bond motifs is 1. The number of nitrogens with zero attached hydrogens (tertiary/aromatic N) is 2. The van der Waals surface area contributed by atoms with Crippen molar-refractivity contribution in [1.29, 1.82) is 0 Å². The fourth-order valence-electron chi connectivity index (χ4n) is 2.59. The molecule has 2 heterocycles. The summed E-state index contributed by atoms with van der Waals surface area (Å²) < 4.78 is 6.98. The van der Waals surface area contributed by atoms with E-state index in [4.69, 9.17) is 4.74 Å². The van der Waals surface area contributed by atoms with Crippen LogP contribution >= 0.6 is 0 Å². The van der Waals surface area contributed by atoms with E-state index < -0.39 is 4.92 Å². The van der Waals surface area contributed by atoms with E-state index in [1.165, 1.54) is 6.07 Å². The Labute approximate surface area is 115 Å². The lowest BCUT2D eigenvalue weighted by atomic mass is 10.0. The summed E-state index contributed by atoms with van der Waals surface area (Å²) >= 11 is 0. The summed E-state index contributed by atoms with van der Waals surface area (Å²) in [6.07, 6.45) is 2.49. The van der Waals surface area contributed by atoms with E-state index >= 15 is 0 Å². The SMILES string of the molecule is O=C(Cn1ccc2c([N+](=O)[O-])cccc21)C1CCOC1. The lowest BCUT2D eigenvalue weighted by molar-refractivity contribution is -0.383. The Kier molecular flexibility index (Phi) is 3.23. The summed E-state index contributed by atoms with van der Waals surface area (Å²) in [7, 11) is 0. The third-order valence-electron chi connectivity index (χ3n) is 3.70. The van der Waals surface area contributed by atoms with Crippen LogP contribution in [-0.4, -0.2) is 28.5 Å². The normalized spacial score (nSPS) is 18.5. The number of carbonyl (C=O) groups is 1. The molecule has 3 rings (SSSR count). The Hall–Kier alpha value is -2.21. The van der Waals surface area contributed by atoms with Crippen LogP contribution < -0.4 is 0 Å². The highest BCUT2D eigenvalue weighted by molar-refractivity contribution is 5.90. The second-order valence-electron chi connectivity index (χ2n) is 4.94. The summed E-state index contributed by atoms with van der Waals surface area (Å²) in [4.78, 5) is 22.7. The van der Waals surface area contributed by atoms with Crippen molar-refractivity contribution >= 4 is 22.4 Å². The zero-order valence-corrected chi connectivity index (χ0v) is 10.8. The zero-order valence-electron chi connectivity index (χ0n) is 10.8. The predicted molar refractivity (Wildman–Crippen MR) is 72.5 cm³/mol. The first-order valence-electron chi connectivity index (χ1n) is 6.49. The molecule has 2 aromatic rings. The molecule has 6 heteroatoms. The molecule has 1 fully saturated rings. The number of non-ortho nitro benzene ring substituents is 1. The number of hydrogen-bond donors (Lipinski definition) is 0. The minimum absolute atomic E-state index is 0.0499. The second kappa shape index (κ2) is 5.05. The largest absolute Gasteiger partial charge is 0.381 e. The molecule has 1 aliphatic heterocycles. The van der Waals surface area contributed by atoms with Crippen LogP contribution in [0.1, 0.15) is 6.42 Å². The summed E-state index contributed by atoms with van der Waals surface area (Å²) in [5.41, 5.74) is 0.782. The third kappa shape index (κ3) is 2.18. The Morgan fingerprint density at radius 1 is 1.45 bits per heavy atom. The predicted octanol–water partition coefficient (Wildman–Crippen LogP) is 2.16. The summed E-state index contributed by atoms with van der Waals surface area (Å²) in [5, 5.41) is 11.5. The van der Waals surface area contributed by atoms with Gasteiger partial charge in [0.25, 0.3) is 5.69 Å². The van der Waals surface area contributed by atoms with Gasteiger partial charge in [-0.15, -0.1) is 0 Å². The molecule has 1 aromatic heterocycles. The molecule has 20 heavy (non-hydrogen) atoms. The maximum Gasteiger partial charge on any atom is 0.278 e. The summed E-state index contributed by atoms with van der Waals surface area (Å²) in [5.74, 6) is 0.0673. The number of Topliss-reactive ketones (excluding diaryl/α,β-unsaturated/α-hetero) is 1. The van der Waals surface area contributed by atoms with Crippen molar-refractivity contribution in [3.05, 3.63) is 40.6 Å². The van der Waals surface area contributed by atoms with Gasteiger partial charge in [0.2, 0.25) is 0 Å². The van der Waals surface area contributed by atoms with Gasteiger partial charge in [-0.3, -0.25) is 14.9 Å². The van der Waals surface area contributed by atoms with Gasteiger partial charge >= 0.3 is 0 Å². The quantitative estimate of drug-likeness (QED) is 0.632. The van der Waals surface area contributed by atoms with Crippen molar-refractivity contribution in [2.45, 2.75) is 13.0 Å². The van der Waals surface area contributed by atoms with E-state index in [1.807, 2.05) is 0 Å². The van der Waals surface area contributed by atoms with Crippen LogP contribution in [0.15, 0.2) is 30.5 Å². The van der Waals surface area contributed by atoms with Gasteiger partial charge in [0.05, 0.1) is 29.0 Å². The molecule has 1 saturated heterocycles. The van der Waals surface area contributed by atoms with E-state index in [0.717, 1.165) is 6.42 Å². The van der Waals surface area contributed by atoms with Crippen LogP contribution in [-0.2, 0) is 16.1 Å². The number of nitro benzene ring substituents is 1. The van der Waals surface area contributed by atoms with Gasteiger partial charge < -0.3 is 9.30 Å². The first-order chi connectivity index (χ1) is 9.66. The van der Waals surface area contributed by atoms with Crippen LogP contribution in [0, 0.1) is 16.0 Å². The molecule has 1 unspecified atom stereocenters. The van der Waals surface area contributed by atoms with Gasteiger partial charge in [-0.1, -0.05) is 6.07 Å². The van der Waals surface area contributed by atoms with Crippen molar-refractivity contribution in [3.8, 4) is 0 Å². The lowest BCUT2D eigenvalue weighted by Gasteiger charge is -2.08. The van der Waals surface area contributed by atoms with Crippen molar-refractivity contribution in [2.75, 3.05) is 13.2 Å². The number of carbonyl (C=O) groups excluding carboxylic acids is 1. The molecule has 0 N–H and O–H groups in total. The highest BCUT2D eigenvalue weighted by Gasteiger charge is 2.24. The summed E-state index contributed by atoms with van der Waals surface area (Å²) in [6.45, 7) is 1.35. The first-order valence-corrected chi connectivity index (χ1v) is 6.49. The van der Waals surface area contributed by atoms with Crippen LogP contribution in [0.4, 0.5) is 5.69 Å². The molecular weight excluding hydrogens is 260 g/mol. The average molecular weight is 274 g/mol. The number of aromatic nitrogens is 1. The molecule has 104 valence electrons. The number of hydrogen-bond acceptors (Lipinski definition) is 4. The van der Waals surface area contributed by atoms with Crippen molar-refractivity contribution in [3.63, 3.8) is 0 Å². The maximum absolute atomic E-state index is 12.1. The number of rotatable bonds is 4. The fraction of sp³-hybridized carbons (Fsp3) is 0.357. The van der Waals surface area contributed by atoms with Crippen LogP contribution in [0.25, 0.3) is 10.9 Å². The molecule has 0 bridgehead atoms. The molecule has 1 aromatic carbocycles. The summed E-state index contributed by atoms with van der Waals surface area (Å²) in [6, 6.07) is 6.59. The highest BCUT2D eigenvalue weighted by Crippen LogP contribution is 2.26. The number of ether oxygens (including phenoxy) is 1. The van der Waals surface area contributed by atoms with Gasteiger partial charge in [0.15, 0.2) is 5.78 Å². The van der Waals surface area contributed by atoms with Gasteiger partial charge in [-0.2, -0.15) is 0 Å². The first kappa shape index (κ1) is 12.8. The Bertz CT molecular complexity index is 671. The van der Waals surface area contributed by atoms with Crippen LogP contribution in [0.3, 0.4) is 0 Å². The number of benzene rings is 1. The number of nitro groups is 1. The Balaban J connectivity index is 1.91. The van der Waals surface area contributed by atoms with Gasteiger partial charge in [0, 0.05) is 24.8 Å². The molecule has 6 nitrogen and oxygen atoms in total. The van der Waals surface area contributed by atoms with Crippen molar-refractivity contribution in [1.82, 2.24) is 4.57 Å². The zero-order chi connectivity index (χ0) is 14.1. The van der Waals surface area contributed by atoms with Crippen LogP contribution in [0.5, 0.6) is 0 Å². The van der Waals surface area contributed by atoms with E-state index in [9.17, 15) is 14.9 Å². The Morgan fingerprint density at radius 3 is 3.00 bits per heavy atom. The number of ketones is 1. The molecule has 0 spiro atoms. The molecule has 0 radical (unpaired) electrons. The van der Waals surface area contributed by atoms with Crippen LogP contribution in [0.2, 0.25) is 0 Å². The molecule has 0 aliphatic carbocycles. The van der Waals surface area contributed by atoms with E-state index in [1.54, 1.807) is 29.0 Å². The molecular formula is C14H14N2O4. The van der Waals surface area contributed by atoms with Gasteiger partial charge in [0.1, 0.15) is 0 Å². The monoisotopic (exact) mass is 274 g/mol. The average Bonchev–Trinajstić information content (AvgIpc) is 3.08. The van der Waals surface area contributed by atoms with Gasteiger partial charge in [-0.25, -0.2) is 0 Å². The standard InChI is InChI=1S/C14H14N2O4/c17-14(10-5-7-20-9-10)8-15-6-4-11-12(15)2-1-3-13(11)16(18)19/h1-4,6,10H,5,7-9H2. The van der Waals surface area contributed by atoms with E-state index in [0.29, 0.717) is 24.1 Å². The van der Waals surface area contributed by atoms with Crippen molar-refractivity contribution < 1.29 is 14.5 Å². The van der Waals surface area contributed by atoms with Crippen molar-refractivity contribution in [2.24, 2.45) is 5.92 Å². The highest BCUT2D eigenvalue weighted by atomic mass is 16.6. The molecule has 1 atom stereocenters. The second-order valence-corrected chi connectivity index (χ2v) is 4.94. The lowest BCUT2D eigenvalue weighted by Crippen LogP contribution is -2.19.